The molecule has 1 aromatic rings. The van der Waals surface area contributed by atoms with Gasteiger partial charge in [-0.1, -0.05) is 32.5 Å². The standard InChI is InChI=1S/C16H30N2O2SSi/c1-13-12-17-15(21-5)18-14(13)19-10-8-9-11-20-22(6,7)16(2,3)4/h12H,8-11H2,1-7H3. The van der Waals surface area contributed by atoms with Gasteiger partial charge in [0, 0.05) is 18.4 Å². The summed E-state index contributed by atoms with van der Waals surface area (Å²) in [7, 11) is -1.61. The van der Waals surface area contributed by atoms with Gasteiger partial charge in [-0.3, -0.25) is 0 Å². The molecule has 0 aliphatic carbocycles. The normalized spacial score (nSPS) is 12.5. The summed E-state index contributed by atoms with van der Waals surface area (Å²) in [5.41, 5.74) is 0.982. The monoisotopic (exact) mass is 342 g/mol. The molecule has 22 heavy (non-hydrogen) atoms. The van der Waals surface area contributed by atoms with Crippen molar-refractivity contribution in [3.63, 3.8) is 0 Å². The Kier molecular flexibility index (Phi) is 7.35. The molecule has 1 rings (SSSR count). The molecule has 0 aliphatic heterocycles. The van der Waals surface area contributed by atoms with Crippen LogP contribution in [0.5, 0.6) is 5.88 Å². The molecule has 0 unspecified atom stereocenters. The molecular formula is C16H30N2O2SSi. The first-order valence-corrected chi connectivity index (χ1v) is 11.9. The van der Waals surface area contributed by atoms with Gasteiger partial charge in [0.2, 0.25) is 5.88 Å². The third kappa shape index (κ3) is 5.89. The van der Waals surface area contributed by atoms with Crippen molar-refractivity contribution in [2.75, 3.05) is 19.5 Å². The van der Waals surface area contributed by atoms with Crippen molar-refractivity contribution < 1.29 is 9.16 Å². The van der Waals surface area contributed by atoms with Gasteiger partial charge in [-0.05, 0) is 44.2 Å². The lowest BCUT2D eigenvalue weighted by Crippen LogP contribution is -2.41. The first-order valence-electron chi connectivity index (χ1n) is 7.82. The van der Waals surface area contributed by atoms with Gasteiger partial charge in [0.1, 0.15) is 0 Å². The SMILES string of the molecule is CSc1ncc(C)c(OCCCCO[Si](C)(C)C(C)(C)C)n1. The van der Waals surface area contributed by atoms with Crippen LogP contribution in [-0.2, 0) is 4.43 Å². The van der Waals surface area contributed by atoms with E-state index >= 15 is 0 Å². The Bertz CT molecular complexity index is 476. The zero-order valence-corrected chi connectivity index (χ0v) is 16.8. The molecule has 0 aliphatic rings. The molecule has 1 heterocycles. The van der Waals surface area contributed by atoms with E-state index in [1.165, 1.54) is 11.8 Å². The van der Waals surface area contributed by atoms with Crippen LogP contribution in [0, 0.1) is 6.92 Å². The molecule has 0 fully saturated rings. The number of unbranched alkanes of at least 4 members (excludes halogenated alkanes) is 1. The number of hydrogen-bond donors (Lipinski definition) is 0. The average molecular weight is 343 g/mol. The van der Waals surface area contributed by atoms with Crippen LogP contribution in [0.3, 0.4) is 0 Å². The van der Waals surface area contributed by atoms with Gasteiger partial charge < -0.3 is 9.16 Å². The predicted octanol–water partition coefficient (Wildman–Crippen LogP) is 4.69. The molecule has 0 bridgehead atoms. The number of thioether (sulfide) groups is 1. The van der Waals surface area contributed by atoms with Crippen molar-refractivity contribution in [2.45, 2.75) is 63.8 Å². The maximum absolute atomic E-state index is 6.16. The van der Waals surface area contributed by atoms with Crippen LogP contribution in [0.2, 0.25) is 18.1 Å². The van der Waals surface area contributed by atoms with Crippen LogP contribution in [-0.4, -0.2) is 37.8 Å². The molecule has 1 aromatic heterocycles. The van der Waals surface area contributed by atoms with E-state index in [9.17, 15) is 0 Å². The smallest absolute Gasteiger partial charge is 0.220 e. The molecule has 0 N–H and O–H groups in total. The summed E-state index contributed by atoms with van der Waals surface area (Å²) in [6, 6.07) is 0. The second kappa shape index (κ2) is 8.31. The molecule has 4 nitrogen and oxygen atoms in total. The highest BCUT2D eigenvalue weighted by atomic mass is 32.2. The highest BCUT2D eigenvalue weighted by Crippen LogP contribution is 2.36. The Morgan fingerprint density at radius 1 is 1.18 bits per heavy atom. The largest absolute Gasteiger partial charge is 0.477 e. The van der Waals surface area contributed by atoms with Crippen molar-refractivity contribution in [3.8, 4) is 5.88 Å². The summed E-state index contributed by atoms with van der Waals surface area (Å²) in [5.74, 6) is 0.699. The van der Waals surface area contributed by atoms with Gasteiger partial charge in [-0.25, -0.2) is 4.98 Å². The van der Waals surface area contributed by atoms with Gasteiger partial charge in [0.15, 0.2) is 13.5 Å². The molecular weight excluding hydrogens is 312 g/mol. The van der Waals surface area contributed by atoms with Crippen LogP contribution in [0.4, 0.5) is 0 Å². The molecule has 126 valence electrons. The maximum Gasteiger partial charge on any atom is 0.220 e. The van der Waals surface area contributed by atoms with E-state index in [2.05, 4.69) is 43.8 Å². The Hall–Kier alpha value is -0.593. The number of ether oxygens (including phenoxy) is 1. The van der Waals surface area contributed by atoms with E-state index in [1.807, 2.05) is 19.4 Å². The summed E-state index contributed by atoms with van der Waals surface area (Å²) in [4.78, 5) is 8.61. The third-order valence-corrected chi connectivity index (χ3v) is 9.23. The van der Waals surface area contributed by atoms with Gasteiger partial charge in [0.05, 0.1) is 6.61 Å². The minimum Gasteiger partial charge on any atom is -0.477 e. The van der Waals surface area contributed by atoms with E-state index in [-0.39, 0.29) is 5.04 Å². The van der Waals surface area contributed by atoms with Crippen LogP contribution in [0.1, 0.15) is 39.2 Å². The summed E-state index contributed by atoms with van der Waals surface area (Å²) < 4.78 is 11.9. The van der Waals surface area contributed by atoms with Crippen molar-refractivity contribution in [1.29, 1.82) is 0 Å². The minimum atomic E-state index is -1.61. The zero-order chi connectivity index (χ0) is 16.8. The molecule has 0 amide bonds. The Balaban J connectivity index is 2.29. The van der Waals surface area contributed by atoms with E-state index in [1.54, 1.807) is 0 Å². The number of aryl methyl sites for hydroxylation is 1. The van der Waals surface area contributed by atoms with Crippen molar-refractivity contribution in [2.24, 2.45) is 0 Å². The summed E-state index contributed by atoms with van der Waals surface area (Å²) >= 11 is 1.53. The van der Waals surface area contributed by atoms with E-state index in [4.69, 9.17) is 9.16 Å². The first-order chi connectivity index (χ1) is 10.2. The lowest BCUT2D eigenvalue weighted by Gasteiger charge is -2.36. The molecule has 0 saturated heterocycles. The van der Waals surface area contributed by atoms with Gasteiger partial charge in [-0.15, -0.1) is 0 Å². The lowest BCUT2D eigenvalue weighted by atomic mass is 10.2. The quantitative estimate of drug-likeness (QED) is 0.297. The number of nitrogens with zero attached hydrogens (tertiary/aromatic N) is 2. The minimum absolute atomic E-state index is 0.274. The average Bonchev–Trinajstić information content (AvgIpc) is 2.43. The molecule has 0 radical (unpaired) electrons. The number of hydrogen-bond acceptors (Lipinski definition) is 5. The fourth-order valence-corrected chi connectivity index (χ4v) is 2.99. The molecule has 6 heteroatoms. The van der Waals surface area contributed by atoms with Crippen LogP contribution in [0.15, 0.2) is 11.4 Å². The summed E-state index contributed by atoms with van der Waals surface area (Å²) in [6.45, 7) is 14.8. The topological polar surface area (TPSA) is 44.2 Å². The Morgan fingerprint density at radius 2 is 1.82 bits per heavy atom. The summed E-state index contributed by atoms with van der Waals surface area (Å²) in [6.07, 6.45) is 5.78. The van der Waals surface area contributed by atoms with E-state index in [0.717, 1.165) is 30.2 Å². The Morgan fingerprint density at radius 3 is 2.41 bits per heavy atom. The van der Waals surface area contributed by atoms with Crippen molar-refractivity contribution in [1.82, 2.24) is 9.97 Å². The first kappa shape index (κ1) is 19.5. The van der Waals surface area contributed by atoms with Gasteiger partial charge in [0.25, 0.3) is 0 Å². The van der Waals surface area contributed by atoms with Crippen molar-refractivity contribution >= 4 is 20.1 Å². The predicted molar refractivity (Wildman–Crippen MR) is 96.4 cm³/mol. The van der Waals surface area contributed by atoms with Crippen LogP contribution >= 0.6 is 11.8 Å². The third-order valence-electron chi connectivity index (χ3n) is 4.13. The Labute approximate surface area is 140 Å². The van der Waals surface area contributed by atoms with E-state index in [0.29, 0.717) is 12.5 Å². The van der Waals surface area contributed by atoms with Crippen LogP contribution < -0.4 is 4.74 Å². The lowest BCUT2D eigenvalue weighted by molar-refractivity contribution is 0.246. The highest BCUT2D eigenvalue weighted by molar-refractivity contribution is 7.98. The van der Waals surface area contributed by atoms with Gasteiger partial charge in [-0.2, -0.15) is 4.98 Å². The van der Waals surface area contributed by atoms with Crippen LogP contribution in [0.25, 0.3) is 0 Å². The number of rotatable bonds is 8. The summed E-state index contributed by atoms with van der Waals surface area (Å²) in [5, 5.41) is 1.03. The second-order valence-corrected chi connectivity index (χ2v) is 12.6. The fraction of sp³-hybridized carbons (Fsp3) is 0.750. The zero-order valence-electron chi connectivity index (χ0n) is 15.0. The van der Waals surface area contributed by atoms with Crippen molar-refractivity contribution in [3.05, 3.63) is 11.8 Å². The maximum atomic E-state index is 6.16. The van der Waals surface area contributed by atoms with E-state index < -0.39 is 8.32 Å². The second-order valence-electron chi connectivity index (χ2n) is 7.01. The highest BCUT2D eigenvalue weighted by Gasteiger charge is 2.36. The molecule has 0 saturated carbocycles. The van der Waals surface area contributed by atoms with Gasteiger partial charge >= 0.3 is 0 Å². The number of aromatic nitrogens is 2. The molecule has 0 spiro atoms. The fourth-order valence-electron chi connectivity index (χ4n) is 1.57. The molecule has 0 aromatic carbocycles. The molecule has 0 atom stereocenters.